The molecule has 0 unspecified atom stereocenters. The quantitative estimate of drug-likeness (QED) is 0.257. The molecule has 6 heteroatoms. The van der Waals surface area contributed by atoms with E-state index in [4.69, 9.17) is 5.73 Å². The summed E-state index contributed by atoms with van der Waals surface area (Å²) in [4.78, 5) is 25.6. The van der Waals surface area contributed by atoms with E-state index >= 15 is 0 Å². The fraction of sp³-hybridized carbons (Fsp3) is 0.500. The zero-order valence-corrected chi connectivity index (χ0v) is 6.86. The Hall–Kier alpha value is -1.59. The average Bonchev–Trinajstić information content (AvgIpc) is 1.99. The average molecular weight is 174 g/mol. The highest BCUT2D eigenvalue weighted by Crippen LogP contribution is 1.85. The van der Waals surface area contributed by atoms with E-state index in [1.165, 1.54) is 7.11 Å². The molecule has 68 valence electrons. The van der Waals surface area contributed by atoms with E-state index in [9.17, 15) is 9.59 Å². The Kier molecular flexibility index (Phi) is 4.43. The summed E-state index contributed by atoms with van der Waals surface area (Å²) in [6.07, 6.45) is 0. The van der Waals surface area contributed by atoms with E-state index in [1.54, 1.807) is 6.92 Å². The first-order chi connectivity index (χ1) is 5.63. The third-order valence-corrected chi connectivity index (χ3v) is 0.885. The van der Waals surface area contributed by atoms with Crippen LogP contribution in [0.4, 0.5) is 0 Å². The van der Waals surface area contributed by atoms with Gasteiger partial charge in [0.25, 0.3) is 11.6 Å². The third kappa shape index (κ3) is 3.00. The number of rotatable bonds is 4. The van der Waals surface area contributed by atoms with Crippen LogP contribution in [0.3, 0.4) is 0 Å². The Morgan fingerprint density at radius 1 is 1.50 bits per heavy atom. The van der Waals surface area contributed by atoms with Crippen molar-refractivity contribution < 1.29 is 19.2 Å². The normalized spacial score (nSPS) is 10.7. The second kappa shape index (κ2) is 5.11. The van der Waals surface area contributed by atoms with Crippen molar-refractivity contribution in [1.82, 2.24) is 0 Å². The molecule has 0 aromatic rings. The van der Waals surface area contributed by atoms with Crippen LogP contribution in [0.15, 0.2) is 5.16 Å². The molecule has 0 spiro atoms. The Balaban J connectivity index is 4.41. The highest BCUT2D eigenvalue weighted by molar-refractivity contribution is 6.63. The van der Waals surface area contributed by atoms with Gasteiger partial charge >= 0.3 is 5.97 Å². The van der Waals surface area contributed by atoms with Crippen molar-refractivity contribution in [2.75, 3.05) is 13.7 Å². The molecule has 0 aliphatic heterocycles. The third-order valence-electron chi connectivity index (χ3n) is 0.885. The molecule has 12 heavy (non-hydrogen) atoms. The number of hydrogen-bond acceptors (Lipinski definition) is 5. The van der Waals surface area contributed by atoms with Gasteiger partial charge in [-0.25, -0.2) is 4.79 Å². The molecule has 0 fully saturated rings. The van der Waals surface area contributed by atoms with Gasteiger partial charge in [-0.15, -0.1) is 0 Å². The predicted molar refractivity (Wildman–Crippen MR) is 40.3 cm³/mol. The zero-order valence-electron chi connectivity index (χ0n) is 6.86. The number of nitrogens with zero attached hydrogens (tertiary/aromatic N) is 1. The Morgan fingerprint density at radius 3 is 2.42 bits per heavy atom. The van der Waals surface area contributed by atoms with Crippen LogP contribution in [0.1, 0.15) is 6.92 Å². The van der Waals surface area contributed by atoms with E-state index in [2.05, 4.69) is 14.7 Å². The number of oxime groups is 1. The highest BCUT2D eigenvalue weighted by atomic mass is 16.6. The predicted octanol–water partition coefficient (Wildman–Crippen LogP) is -0.963. The lowest BCUT2D eigenvalue weighted by atomic mass is 10.4. The minimum atomic E-state index is -0.977. The summed E-state index contributed by atoms with van der Waals surface area (Å²) in [5.74, 6) is -1.86. The van der Waals surface area contributed by atoms with Crippen LogP contribution in [0, 0.1) is 0 Å². The standard InChI is InChI=1S/C6H10N2O4/c1-3-12-6(10)4(5(7)9)8-11-2/h3H2,1-2H3,(H2,7,9). The largest absolute Gasteiger partial charge is 0.461 e. The highest BCUT2D eigenvalue weighted by Gasteiger charge is 2.19. The fourth-order valence-corrected chi connectivity index (χ4v) is 0.474. The van der Waals surface area contributed by atoms with Gasteiger partial charge in [-0.1, -0.05) is 5.16 Å². The van der Waals surface area contributed by atoms with E-state index in [0.717, 1.165) is 0 Å². The first-order valence-corrected chi connectivity index (χ1v) is 3.21. The maximum absolute atomic E-state index is 10.8. The van der Waals surface area contributed by atoms with E-state index in [1.807, 2.05) is 0 Å². The van der Waals surface area contributed by atoms with Gasteiger partial charge in [0, 0.05) is 0 Å². The molecule has 2 N–H and O–H groups in total. The molecule has 0 rings (SSSR count). The lowest BCUT2D eigenvalue weighted by molar-refractivity contribution is -0.136. The van der Waals surface area contributed by atoms with Crippen LogP contribution in [0.2, 0.25) is 0 Å². The molecule has 0 aromatic carbocycles. The molecule has 0 bridgehead atoms. The number of esters is 1. The van der Waals surface area contributed by atoms with Crippen molar-refractivity contribution in [2.45, 2.75) is 6.92 Å². The minimum Gasteiger partial charge on any atom is -0.461 e. The molecule has 0 heterocycles. The van der Waals surface area contributed by atoms with Crippen molar-refractivity contribution in [3.8, 4) is 0 Å². The summed E-state index contributed by atoms with van der Waals surface area (Å²) in [7, 11) is 1.20. The van der Waals surface area contributed by atoms with Crippen LogP contribution in [0.5, 0.6) is 0 Å². The van der Waals surface area contributed by atoms with Crippen LogP contribution in [-0.2, 0) is 19.2 Å². The van der Waals surface area contributed by atoms with Gasteiger partial charge in [-0.3, -0.25) is 4.79 Å². The van der Waals surface area contributed by atoms with Crippen LogP contribution >= 0.6 is 0 Å². The monoisotopic (exact) mass is 174 g/mol. The number of carbonyl (C=O) groups is 2. The van der Waals surface area contributed by atoms with Gasteiger partial charge < -0.3 is 15.3 Å². The second-order valence-corrected chi connectivity index (χ2v) is 1.71. The van der Waals surface area contributed by atoms with E-state index in [0.29, 0.717) is 0 Å². The first-order valence-electron chi connectivity index (χ1n) is 3.21. The Bertz CT molecular complexity index is 212. The fourth-order valence-electron chi connectivity index (χ4n) is 0.474. The van der Waals surface area contributed by atoms with Crippen LogP contribution in [0.25, 0.3) is 0 Å². The maximum atomic E-state index is 10.8. The lowest BCUT2D eigenvalue weighted by Crippen LogP contribution is -2.32. The van der Waals surface area contributed by atoms with Gasteiger partial charge in [0.15, 0.2) is 0 Å². The lowest BCUT2D eigenvalue weighted by Gasteiger charge is -2.00. The molecular weight excluding hydrogens is 164 g/mol. The molecule has 6 nitrogen and oxygen atoms in total. The minimum absolute atomic E-state index is 0.148. The second-order valence-electron chi connectivity index (χ2n) is 1.71. The topological polar surface area (TPSA) is 91.0 Å². The molecule has 0 atom stereocenters. The smallest absolute Gasteiger partial charge is 0.366 e. The summed E-state index contributed by atoms with van der Waals surface area (Å²) in [5, 5.41) is 3.11. The molecule has 0 aromatic heterocycles. The molecule has 0 saturated heterocycles. The van der Waals surface area contributed by atoms with Crippen LogP contribution < -0.4 is 5.73 Å². The molecule has 1 amide bonds. The molecule has 0 aliphatic rings. The van der Waals surface area contributed by atoms with E-state index < -0.39 is 17.6 Å². The van der Waals surface area contributed by atoms with E-state index in [-0.39, 0.29) is 6.61 Å². The van der Waals surface area contributed by atoms with Gasteiger partial charge in [-0.2, -0.15) is 0 Å². The number of amides is 1. The van der Waals surface area contributed by atoms with Crippen molar-refractivity contribution in [2.24, 2.45) is 10.9 Å². The van der Waals surface area contributed by atoms with Crippen molar-refractivity contribution >= 4 is 17.6 Å². The summed E-state index contributed by atoms with van der Waals surface area (Å²) in [6.45, 7) is 1.75. The van der Waals surface area contributed by atoms with Gasteiger partial charge in [0.05, 0.1) is 6.61 Å². The molecular formula is C6H10N2O4. The number of hydrogen-bond donors (Lipinski definition) is 1. The number of nitrogens with two attached hydrogens (primary N) is 1. The van der Waals surface area contributed by atoms with Crippen molar-refractivity contribution in [3.05, 3.63) is 0 Å². The summed E-state index contributed by atoms with van der Waals surface area (Å²) < 4.78 is 4.47. The first kappa shape index (κ1) is 10.4. The van der Waals surface area contributed by atoms with Gasteiger partial charge in [0.2, 0.25) is 0 Å². The SMILES string of the molecule is CCOC(=O)C(=NOC)C(N)=O. The van der Waals surface area contributed by atoms with Crippen molar-refractivity contribution in [1.29, 1.82) is 0 Å². The zero-order chi connectivity index (χ0) is 9.56. The maximum Gasteiger partial charge on any atom is 0.366 e. The summed E-state index contributed by atoms with van der Waals surface area (Å²) in [5.41, 5.74) is 4.26. The number of primary amides is 1. The Labute approximate surface area is 69.3 Å². The van der Waals surface area contributed by atoms with Gasteiger partial charge in [0.1, 0.15) is 7.11 Å². The van der Waals surface area contributed by atoms with Gasteiger partial charge in [-0.05, 0) is 6.92 Å². The summed E-state index contributed by atoms with van der Waals surface area (Å²) >= 11 is 0. The summed E-state index contributed by atoms with van der Waals surface area (Å²) in [6, 6.07) is 0. The number of ether oxygens (including phenoxy) is 1. The van der Waals surface area contributed by atoms with Crippen molar-refractivity contribution in [3.63, 3.8) is 0 Å². The van der Waals surface area contributed by atoms with Crippen LogP contribution in [-0.4, -0.2) is 31.3 Å². The molecule has 0 saturated carbocycles. The Morgan fingerprint density at radius 2 is 2.08 bits per heavy atom. The molecule has 0 aliphatic carbocycles. The molecule has 0 radical (unpaired) electrons. The number of carbonyl (C=O) groups excluding carboxylic acids is 2.